The quantitative estimate of drug-likeness (QED) is 0.878. The fourth-order valence-electron chi connectivity index (χ4n) is 3.20. The Hall–Kier alpha value is -2.82. The van der Waals surface area contributed by atoms with E-state index in [2.05, 4.69) is 5.10 Å². The van der Waals surface area contributed by atoms with Gasteiger partial charge in [0.1, 0.15) is 0 Å². The molecule has 1 unspecified atom stereocenters. The molecule has 0 saturated carbocycles. The maximum absolute atomic E-state index is 12.6. The smallest absolute Gasteiger partial charge is 0.243 e. The number of hydrazone groups is 1. The molecule has 0 aromatic heterocycles. The van der Waals surface area contributed by atoms with Gasteiger partial charge >= 0.3 is 0 Å². The summed E-state index contributed by atoms with van der Waals surface area (Å²) in [6.07, 6.45) is 1.73. The van der Waals surface area contributed by atoms with Crippen molar-refractivity contribution >= 4 is 11.6 Å². The van der Waals surface area contributed by atoms with Gasteiger partial charge in [0.05, 0.1) is 18.9 Å². The first kappa shape index (κ1) is 18.0. The van der Waals surface area contributed by atoms with Crippen molar-refractivity contribution in [3.05, 3.63) is 59.2 Å². The molecule has 3 rings (SSSR count). The summed E-state index contributed by atoms with van der Waals surface area (Å²) >= 11 is 0. The first-order valence-corrected chi connectivity index (χ1v) is 8.87. The van der Waals surface area contributed by atoms with E-state index in [1.165, 1.54) is 17.7 Å². The molecule has 2 aromatic rings. The van der Waals surface area contributed by atoms with Crippen LogP contribution in [0, 0.1) is 6.92 Å². The molecule has 5 nitrogen and oxygen atoms in total. The molecule has 0 spiro atoms. The van der Waals surface area contributed by atoms with Gasteiger partial charge in [0.2, 0.25) is 5.91 Å². The topological polar surface area (TPSA) is 62.1 Å². The van der Waals surface area contributed by atoms with E-state index in [0.717, 1.165) is 17.7 Å². The Morgan fingerprint density at radius 3 is 2.65 bits per heavy atom. The van der Waals surface area contributed by atoms with Gasteiger partial charge in [-0.3, -0.25) is 4.79 Å². The summed E-state index contributed by atoms with van der Waals surface area (Å²) in [5.74, 6) is 0.422. The third kappa shape index (κ3) is 3.43. The van der Waals surface area contributed by atoms with Crippen LogP contribution in [-0.2, 0) is 4.79 Å². The number of hydrogen-bond acceptors (Lipinski definition) is 4. The van der Waals surface area contributed by atoms with Crippen molar-refractivity contribution in [3.8, 4) is 11.5 Å². The number of ether oxygens (including phenoxy) is 1. The number of carbonyl (C=O) groups is 1. The van der Waals surface area contributed by atoms with E-state index in [0.29, 0.717) is 24.2 Å². The molecular formula is C21H24N2O3. The number of benzene rings is 2. The second-order valence-corrected chi connectivity index (χ2v) is 6.52. The molecular weight excluding hydrogens is 328 g/mol. The Balaban J connectivity index is 1.99. The number of nitrogens with zero attached hydrogens (tertiary/aromatic N) is 2. The minimum Gasteiger partial charge on any atom is -0.504 e. The van der Waals surface area contributed by atoms with E-state index in [9.17, 15) is 9.90 Å². The van der Waals surface area contributed by atoms with Gasteiger partial charge in [-0.15, -0.1) is 0 Å². The minimum atomic E-state index is -0.333. The van der Waals surface area contributed by atoms with Crippen molar-refractivity contribution in [2.75, 3.05) is 7.11 Å². The highest BCUT2D eigenvalue weighted by Crippen LogP contribution is 2.41. The SMILES string of the molecule is CCCC(=O)N1N=C(c2ccc(C)cc2)CC1c1cccc(OC)c1O. The molecule has 1 aliphatic heterocycles. The van der Waals surface area contributed by atoms with Crippen molar-refractivity contribution < 1.29 is 14.6 Å². The lowest BCUT2D eigenvalue weighted by molar-refractivity contribution is -0.133. The molecule has 1 atom stereocenters. The van der Waals surface area contributed by atoms with E-state index in [4.69, 9.17) is 4.74 Å². The zero-order chi connectivity index (χ0) is 18.7. The van der Waals surface area contributed by atoms with Gasteiger partial charge in [0, 0.05) is 18.4 Å². The van der Waals surface area contributed by atoms with Crippen LogP contribution in [0.15, 0.2) is 47.6 Å². The van der Waals surface area contributed by atoms with Crippen LogP contribution < -0.4 is 4.74 Å². The summed E-state index contributed by atoms with van der Waals surface area (Å²) in [4.78, 5) is 12.6. The molecule has 1 heterocycles. The van der Waals surface area contributed by atoms with Gasteiger partial charge < -0.3 is 9.84 Å². The maximum atomic E-state index is 12.6. The van der Waals surface area contributed by atoms with Gasteiger partial charge in [0.15, 0.2) is 11.5 Å². The zero-order valence-electron chi connectivity index (χ0n) is 15.4. The van der Waals surface area contributed by atoms with Crippen LogP contribution in [-0.4, -0.2) is 28.8 Å². The standard InChI is InChI=1S/C21H24N2O3/c1-4-6-20(24)23-18(16-7-5-8-19(26-3)21(16)25)13-17(22-23)15-11-9-14(2)10-12-15/h5,7-12,18,25H,4,6,13H2,1-3H3. The Morgan fingerprint density at radius 2 is 2.00 bits per heavy atom. The summed E-state index contributed by atoms with van der Waals surface area (Å²) < 4.78 is 5.22. The summed E-state index contributed by atoms with van der Waals surface area (Å²) in [7, 11) is 1.52. The average Bonchev–Trinajstić information content (AvgIpc) is 3.08. The molecule has 26 heavy (non-hydrogen) atoms. The Bertz CT molecular complexity index is 828. The van der Waals surface area contributed by atoms with Crippen LogP contribution in [0.2, 0.25) is 0 Å². The first-order chi connectivity index (χ1) is 12.5. The largest absolute Gasteiger partial charge is 0.504 e. The van der Waals surface area contributed by atoms with E-state index in [1.54, 1.807) is 6.07 Å². The number of para-hydroxylation sites is 1. The summed E-state index contributed by atoms with van der Waals surface area (Å²) in [5, 5.41) is 16.7. The summed E-state index contributed by atoms with van der Waals surface area (Å²) in [6.45, 7) is 4.00. The normalized spacial score (nSPS) is 16.5. The summed E-state index contributed by atoms with van der Waals surface area (Å²) in [5.41, 5.74) is 3.67. The predicted octanol–water partition coefficient (Wildman–Crippen LogP) is 4.19. The molecule has 0 saturated heterocycles. The number of hydrogen-bond donors (Lipinski definition) is 1. The number of rotatable bonds is 5. The Kier molecular flexibility index (Phi) is 5.26. The lowest BCUT2D eigenvalue weighted by atomic mass is 9.97. The van der Waals surface area contributed by atoms with Crippen LogP contribution in [0.5, 0.6) is 11.5 Å². The van der Waals surface area contributed by atoms with E-state index in [1.807, 2.05) is 50.2 Å². The number of aromatic hydroxyl groups is 1. The zero-order valence-corrected chi connectivity index (χ0v) is 15.4. The van der Waals surface area contributed by atoms with Gasteiger partial charge in [-0.1, -0.05) is 48.9 Å². The van der Waals surface area contributed by atoms with Crippen LogP contribution in [0.3, 0.4) is 0 Å². The van der Waals surface area contributed by atoms with Crippen molar-refractivity contribution in [2.24, 2.45) is 5.10 Å². The van der Waals surface area contributed by atoms with Crippen LogP contribution in [0.1, 0.15) is 48.9 Å². The minimum absolute atomic E-state index is 0.0400. The van der Waals surface area contributed by atoms with E-state index in [-0.39, 0.29) is 17.7 Å². The molecule has 5 heteroatoms. The van der Waals surface area contributed by atoms with Gasteiger partial charge in [-0.25, -0.2) is 5.01 Å². The van der Waals surface area contributed by atoms with Crippen molar-refractivity contribution in [3.63, 3.8) is 0 Å². The number of phenolic OH excluding ortho intramolecular Hbond substituents is 1. The number of methoxy groups -OCH3 is 1. The molecule has 0 aliphatic carbocycles. The highest BCUT2D eigenvalue weighted by Gasteiger charge is 2.34. The molecule has 1 aliphatic rings. The molecule has 0 radical (unpaired) electrons. The van der Waals surface area contributed by atoms with Crippen molar-refractivity contribution in [1.82, 2.24) is 5.01 Å². The Labute approximate surface area is 153 Å². The van der Waals surface area contributed by atoms with E-state index < -0.39 is 0 Å². The fourth-order valence-corrected chi connectivity index (χ4v) is 3.20. The highest BCUT2D eigenvalue weighted by molar-refractivity contribution is 6.03. The summed E-state index contributed by atoms with van der Waals surface area (Å²) in [6, 6.07) is 13.1. The second-order valence-electron chi connectivity index (χ2n) is 6.52. The van der Waals surface area contributed by atoms with E-state index >= 15 is 0 Å². The van der Waals surface area contributed by atoms with Crippen LogP contribution in [0.4, 0.5) is 0 Å². The number of carbonyl (C=O) groups excluding carboxylic acids is 1. The molecule has 2 aromatic carbocycles. The Morgan fingerprint density at radius 1 is 1.27 bits per heavy atom. The monoisotopic (exact) mass is 352 g/mol. The highest BCUT2D eigenvalue weighted by atomic mass is 16.5. The number of amides is 1. The number of phenols is 1. The third-order valence-corrected chi connectivity index (χ3v) is 4.62. The average molecular weight is 352 g/mol. The molecule has 0 bridgehead atoms. The fraction of sp³-hybridized carbons (Fsp3) is 0.333. The molecule has 136 valence electrons. The molecule has 0 fully saturated rings. The second kappa shape index (κ2) is 7.60. The van der Waals surface area contributed by atoms with Crippen molar-refractivity contribution in [1.29, 1.82) is 0 Å². The third-order valence-electron chi connectivity index (χ3n) is 4.62. The lowest BCUT2D eigenvalue weighted by Gasteiger charge is -2.23. The number of aryl methyl sites for hydroxylation is 1. The molecule has 1 N–H and O–H groups in total. The molecule has 1 amide bonds. The van der Waals surface area contributed by atoms with Crippen LogP contribution in [0.25, 0.3) is 0 Å². The van der Waals surface area contributed by atoms with Gasteiger partial charge in [0.25, 0.3) is 0 Å². The van der Waals surface area contributed by atoms with Crippen molar-refractivity contribution in [2.45, 2.75) is 39.2 Å². The maximum Gasteiger partial charge on any atom is 0.243 e. The lowest BCUT2D eigenvalue weighted by Crippen LogP contribution is -2.26. The van der Waals surface area contributed by atoms with Gasteiger partial charge in [-0.2, -0.15) is 5.10 Å². The van der Waals surface area contributed by atoms with Crippen LogP contribution >= 0.6 is 0 Å². The first-order valence-electron chi connectivity index (χ1n) is 8.87. The predicted molar refractivity (Wildman–Crippen MR) is 101 cm³/mol. The van der Waals surface area contributed by atoms with Gasteiger partial charge in [-0.05, 0) is 25.0 Å².